The van der Waals surface area contributed by atoms with Gasteiger partial charge in [-0.1, -0.05) is 0 Å². The average Bonchev–Trinajstić information content (AvgIpc) is 2.81. The third-order valence-corrected chi connectivity index (χ3v) is 2.79. The van der Waals surface area contributed by atoms with Crippen LogP contribution in [0.3, 0.4) is 0 Å². The number of hydrogen-bond donors (Lipinski definition) is 2. The summed E-state index contributed by atoms with van der Waals surface area (Å²) >= 11 is 0. The van der Waals surface area contributed by atoms with E-state index in [2.05, 4.69) is 10.6 Å². The van der Waals surface area contributed by atoms with Crippen LogP contribution in [-0.2, 0) is 4.79 Å². The molecule has 0 aromatic heterocycles. The van der Waals surface area contributed by atoms with E-state index in [-0.39, 0.29) is 17.6 Å². The van der Waals surface area contributed by atoms with Gasteiger partial charge in [0.25, 0.3) is 0 Å². The van der Waals surface area contributed by atoms with E-state index in [9.17, 15) is 19.3 Å². The van der Waals surface area contributed by atoms with E-state index in [1.807, 2.05) is 0 Å². The van der Waals surface area contributed by atoms with Crippen LogP contribution in [0.15, 0.2) is 18.2 Å². The highest BCUT2D eigenvalue weighted by Crippen LogP contribution is 2.21. The van der Waals surface area contributed by atoms with Gasteiger partial charge in [0.2, 0.25) is 11.7 Å². The lowest BCUT2D eigenvalue weighted by molar-refractivity contribution is -0.387. The van der Waals surface area contributed by atoms with E-state index < -0.39 is 16.4 Å². The number of rotatable bonds is 3. The molecule has 6 nitrogen and oxygen atoms in total. The predicted molar refractivity (Wildman–Crippen MR) is 62.7 cm³/mol. The first-order chi connectivity index (χ1) is 8.58. The van der Waals surface area contributed by atoms with Crippen LogP contribution in [-0.4, -0.2) is 23.4 Å². The highest BCUT2D eigenvalue weighted by Gasteiger charge is 2.22. The van der Waals surface area contributed by atoms with Crippen molar-refractivity contribution in [2.75, 3.05) is 11.9 Å². The van der Waals surface area contributed by atoms with E-state index >= 15 is 0 Å². The molecule has 2 N–H and O–H groups in total. The fraction of sp³-hybridized carbons (Fsp3) is 0.364. The van der Waals surface area contributed by atoms with Gasteiger partial charge in [0, 0.05) is 17.8 Å². The van der Waals surface area contributed by atoms with Crippen LogP contribution in [0.5, 0.6) is 0 Å². The number of nitrogens with zero attached hydrogens (tertiary/aromatic N) is 1. The molecule has 18 heavy (non-hydrogen) atoms. The number of carbonyl (C=O) groups excluding carboxylic acids is 1. The molecule has 0 saturated carbocycles. The zero-order valence-electron chi connectivity index (χ0n) is 9.48. The zero-order chi connectivity index (χ0) is 13.1. The largest absolute Gasteiger partial charge is 0.325 e. The summed E-state index contributed by atoms with van der Waals surface area (Å²) in [5.41, 5.74) is -0.385. The van der Waals surface area contributed by atoms with Crippen molar-refractivity contribution in [3.63, 3.8) is 0 Å². The summed E-state index contributed by atoms with van der Waals surface area (Å²) < 4.78 is 13.3. The Bertz CT molecular complexity index is 486. The Balaban J connectivity index is 2.07. The summed E-state index contributed by atoms with van der Waals surface area (Å²) in [6.45, 7) is 0.784. The van der Waals surface area contributed by atoms with Gasteiger partial charge in [-0.2, -0.15) is 4.39 Å². The second-order valence-corrected chi connectivity index (χ2v) is 4.06. The van der Waals surface area contributed by atoms with Gasteiger partial charge >= 0.3 is 5.69 Å². The Hall–Kier alpha value is -2.02. The SMILES string of the molecule is O=C(Nc1ccc([N+](=O)[O-])c(F)c1)C1CCCN1. The fourth-order valence-electron chi connectivity index (χ4n) is 1.87. The van der Waals surface area contributed by atoms with Crippen molar-refractivity contribution in [2.45, 2.75) is 18.9 Å². The molecular weight excluding hydrogens is 241 g/mol. The smallest absolute Gasteiger partial charge is 0.304 e. The lowest BCUT2D eigenvalue weighted by atomic mass is 10.2. The molecule has 1 aromatic rings. The summed E-state index contributed by atoms with van der Waals surface area (Å²) in [5.74, 6) is -1.21. The lowest BCUT2D eigenvalue weighted by Gasteiger charge is -2.10. The summed E-state index contributed by atoms with van der Waals surface area (Å²) in [6, 6.07) is 3.02. The Morgan fingerprint density at radius 1 is 1.56 bits per heavy atom. The second-order valence-electron chi connectivity index (χ2n) is 4.06. The Kier molecular flexibility index (Phi) is 3.52. The summed E-state index contributed by atoms with van der Waals surface area (Å²) in [5, 5.41) is 16.0. The summed E-state index contributed by atoms with van der Waals surface area (Å²) in [6.07, 6.45) is 1.66. The number of amides is 1. The van der Waals surface area contributed by atoms with Crippen LogP contribution in [0.1, 0.15) is 12.8 Å². The molecule has 2 rings (SSSR count). The molecule has 7 heteroatoms. The summed E-state index contributed by atoms with van der Waals surface area (Å²) in [4.78, 5) is 21.3. The van der Waals surface area contributed by atoms with Gasteiger partial charge in [0.1, 0.15) is 0 Å². The first-order valence-electron chi connectivity index (χ1n) is 5.56. The Morgan fingerprint density at radius 2 is 2.33 bits per heavy atom. The van der Waals surface area contributed by atoms with Crippen LogP contribution in [0.25, 0.3) is 0 Å². The average molecular weight is 253 g/mol. The number of nitro groups is 1. The molecule has 1 aromatic carbocycles. The Morgan fingerprint density at radius 3 is 2.89 bits per heavy atom. The third-order valence-electron chi connectivity index (χ3n) is 2.79. The minimum Gasteiger partial charge on any atom is -0.325 e. The normalized spacial score (nSPS) is 18.6. The topological polar surface area (TPSA) is 84.3 Å². The molecule has 0 spiro atoms. The molecule has 1 aliphatic heterocycles. The standard InChI is InChI=1S/C11H12FN3O3/c12-8-6-7(3-4-10(8)15(17)18)14-11(16)9-2-1-5-13-9/h3-4,6,9,13H,1-2,5H2,(H,14,16). The molecule has 1 saturated heterocycles. The van der Waals surface area contributed by atoms with Crippen LogP contribution < -0.4 is 10.6 Å². The van der Waals surface area contributed by atoms with Gasteiger partial charge in [-0.05, 0) is 25.5 Å². The molecule has 1 unspecified atom stereocenters. The predicted octanol–water partition coefficient (Wildman–Crippen LogP) is 1.42. The van der Waals surface area contributed by atoms with E-state index in [0.29, 0.717) is 0 Å². The number of nitro benzene ring substituents is 1. The maximum absolute atomic E-state index is 13.3. The maximum Gasteiger partial charge on any atom is 0.304 e. The lowest BCUT2D eigenvalue weighted by Crippen LogP contribution is -2.35. The molecule has 1 amide bonds. The van der Waals surface area contributed by atoms with Crippen molar-refractivity contribution >= 4 is 17.3 Å². The molecular formula is C11H12FN3O3. The molecule has 1 fully saturated rings. The van der Waals surface area contributed by atoms with Crippen molar-refractivity contribution in [3.8, 4) is 0 Å². The molecule has 0 bridgehead atoms. The number of carbonyl (C=O) groups is 1. The van der Waals surface area contributed by atoms with E-state index in [0.717, 1.165) is 31.5 Å². The number of nitrogens with one attached hydrogen (secondary N) is 2. The number of benzene rings is 1. The molecule has 96 valence electrons. The van der Waals surface area contributed by atoms with Crippen molar-refractivity contribution in [1.82, 2.24) is 5.32 Å². The van der Waals surface area contributed by atoms with Crippen LogP contribution in [0.4, 0.5) is 15.8 Å². The first kappa shape index (κ1) is 12.4. The third kappa shape index (κ3) is 2.62. The Labute approximate surface area is 102 Å². The van der Waals surface area contributed by atoms with E-state index in [1.165, 1.54) is 6.07 Å². The number of anilines is 1. The zero-order valence-corrected chi connectivity index (χ0v) is 9.48. The fourth-order valence-corrected chi connectivity index (χ4v) is 1.87. The molecule has 0 radical (unpaired) electrons. The van der Waals surface area contributed by atoms with E-state index in [4.69, 9.17) is 0 Å². The van der Waals surface area contributed by atoms with Crippen LogP contribution in [0, 0.1) is 15.9 Å². The van der Waals surface area contributed by atoms with Crippen molar-refractivity contribution in [2.24, 2.45) is 0 Å². The second kappa shape index (κ2) is 5.09. The first-order valence-corrected chi connectivity index (χ1v) is 5.56. The molecule has 1 heterocycles. The number of halogens is 1. The van der Waals surface area contributed by atoms with Crippen molar-refractivity contribution < 1.29 is 14.1 Å². The van der Waals surface area contributed by atoms with Gasteiger partial charge in [-0.15, -0.1) is 0 Å². The minimum absolute atomic E-state index is 0.219. The minimum atomic E-state index is -0.961. The highest BCUT2D eigenvalue weighted by molar-refractivity contribution is 5.95. The molecule has 1 atom stereocenters. The quantitative estimate of drug-likeness (QED) is 0.630. The van der Waals surface area contributed by atoms with Gasteiger partial charge in [0.05, 0.1) is 11.0 Å². The molecule has 0 aliphatic carbocycles. The highest BCUT2D eigenvalue weighted by atomic mass is 19.1. The monoisotopic (exact) mass is 253 g/mol. The van der Waals surface area contributed by atoms with Crippen LogP contribution >= 0.6 is 0 Å². The van der Waals surface area contributed by atoms with Crippen molar-refractivity contribution in [1.29, 1.82) is 0 Å². The van der Waals surface area contributed by atoms with Gasteiger partial charge in [0.15, 0.2) is 0 Å². The van der Waals surface area contributed by atoms with Gasteiger partial charge in [-0.25, -0.2) is 0 Å². The number of hydrogen-bond acceptors (Lipinski definition) is 4. The maximum atomic E-state index is 13.3. The summed E-state index contributed by atoms with van der Waals surface area (Å²) in [7, 11) is 0. The molecule has 1 aliphatic rings. The van der Waals surface area contributed by atoms with Gasteiger partial charge < -0.3 is 10.6 Å². The van der Waals surface area contributed by atoms with E-state index in [1.54, 1.807) is 0 Å². The van der Waals surface area contributed by atoms with Gasteiger partial charge in [-0.3, -0.25) is 14.9 Å². The van der Waals surface area contributed by atoms with Crippen LogP contribution in [0.2, 0.25) is 0 Å². The van der Waals surface area contributed by atoms with Crippen molar-refractivity contribution in [3.05, 3.63) is 34.1 Å².